The second kappa shape index (κ2) is 8.72. The van der Waals surface area contributed by atoms with Crippen molar-refractivity contribution in [3.63, 3.8) is 0 Å². The molecule has 1 saturated carbocycles. The number of rotatable bonds is 5. The number of ether oxygens (including phenoxy) is 1. The first-order valence-corrected chi connectivity index (χ1v) is 11.7. The molecule has 1 aliphatic carbocycles. The quantitative estimate of drug-likeness (QED) is 0.318. The van der Waals surface area contributed by atoms with Crippen LogP contribution in [0.4, 0.5) is 10.6 Å². The topological polar surface area (TPSA) is 72.6 Å². The van der Waals surface area contributed by atoms with E-state index in [9.17, 15) is 4.79 Å². The monoisotopic (exact) mass is 475 g/mol. The first-order chi connectivity index (χ1) is 16.3. The Kier molecular flexibility index (Phi) is 5.73. The number of amides is 1. The van der Waals surface area contributed by atoms with Crippen molar-refractivity contribution in [3.8, 4) is 11.3 Å². The predicted molar refractivity (Wildman–Crippen MR) is 132 cm³/mol. The van der Waals surface area contributed by atoms with Crippen molar-refractivity contribution in [2.24, 2.45) is 0 Å². The number of hydrogen-bond acceptors (Lipinski definition) is 5. The highest BCUT2D eigenvalue weighted by molar-refractivity contribution is 6.29. The molecular weight excluding hydrogens is 450 g/mol. The zero-order valence-corrected chi connectivity index (χ0v) is 20.2. The predicted octanol–water partition coefficient (Wildman–Crippen LogP) is 6.26. The summed E-state index contributed by atoms with van der Waals surface area (Å²) in [4.78, 5) is 23.8. The van der Waals surface area contributed by atoms with Crippen LogP contribution in [0.1, 0.15) is 50.7 Å². The zero-order chi connectivity index (χ0) is 23.9. The number of halogens is 1. The molecule has 0 N–H and O–H groups in total. The lowest BCUT2D eigenvalue weighted by atomic mass is 10.1. The second-order valence-electron chi connectivity index (χ2n) is 9.53. The molecule has 3 aromatic heterocycles. The van der Waals surface area contributed by atoms with Crippen LogP contribution in [0.25, 0.3) is 16.9 Å². The molecule has 4 aromatic rings. The molecule has 1 aromatic carbocycles. The molecule has 0 unspecified atom stereocenters. The van der Waals surface area contributed by atoms with Crippen molar-refractivity contribution in [1.29, 1.82) is 0 Å². The van der Waals surface area contributed by atoms with Crippen LogP contribution in [0, 0.1) is 0 Å². The summed E-state index contributed by atoms with van der Waals surface area (Å²) in [5.74, 6) is 0.968. The first-order valence-electron chi connectivity index (χ1n) is 11.3. The summed E-state index contributed by atoms with van der Waals surface area (Å²) in [6, 6.07) is 15.4. The summed E-state index contributed by atoms with van der Waals surface area (Å²) in [7, 11) is 0. The van der Waals surface area contributed by atoms with E-state index < -0.39 is 11.7 Å². The van der Waals surface area contributed by atoms with Crippen LogP contribution in [0.3, 0.4) is 0 Å². The first kappa shape index (κ1) is 22.3. The molecule has 1 aliphatic rings. The van der Waals surface area contributed by atoms with E-state index in [-0.39, 0.29) is 6.54 Å². The summed E-state index contributed by atoms with van der Waals surface area (Å²) in [5, 5.41) is 4.86. The van der Waals surface area contributed by atoms with Gasteiger partial charge < -0.3 is 4.74 Å². The van der Waals surface area contributed by atoms with E-state index >= 15 is 0 Å². The van der Waals surface area contributed by atoms with Gasteiger partial charge in [0, 0.05) is 23.4 Å². The highest BCUT2D eigenvalue weighted by atomic mass is 35.5. The van der Waals surface area contributed by atoms with Gasteiger partial charge in [-0.3, -0.25) is 9.88 Å². The highest BCUT2D eigenvalue weighted by Crippen LogP contribution is 2.42. The highest BCUT2D eigenvalue weighted by Gasteiger charge is 2.31. The van der Waals surface area contributed by atoms with Crippen molar-refractivity contribution in [3.05, 3.63) is 77.2 Å². The summed E-state index contributed by atoms with van der Waals surface area (Å²) < 4.78 is 7.43. The average Bonchev–Trinajstić information content (AvgIpc) is 3.56. The van der Waals surface area contributed by atoms with E-state index in [1.165, 1.54) is 0 Å². The maximum Gasteiger partial charge on any atom is 0.416 e. The lowest BCUT2D eigenvalue weighted by Crippen LogP contribution is -2.37. The Morgan fingerprint density at radius 3 is 2.59 bits per heavy atom. The van der Waals surface area contributed by atoms with Gasteiger partial charge in [0.25, 0.3) is 0 Å². The normalized spacial score (nSPS) is 13.8. The molecule has 0 aliphatic heterocycles. The standard InChI is InChI=1S/C26H26ClN5O2/c1-26(2,3)34-25(33)31(16-17-7-9-19(10-8-17)21-6-4-5-13-28-21)23-14-22(27)30-24-20(18-11-12-18)15-29-32(23)24/h4-10,13-15,18H,11-12,16H2,1-3H3. The van der Waals surface area contributed by atoms with Gasteiger partial charge in [-0.15, -0.1) is 0 Å². The van der Waals surface area contributed by atoms with Crippen molar-refractivity contribution >= 4 is 29.2 Å². The molecule has 174 valence electrons. The van der Waals surface area contributed by atoms with Crippen LogP contribution in [0.5, 0.6) is 0 Å². The summed E-state index contributed by atoms with van der Waals surface area (Å²) in [6.07, 6.45) is 5.35. The van der Waals surface area contributed by atoms with Crippen LogP contribution in [-0.4, -0.2) is 31.3 Å². The lowest BCUT2D eigenvalue weighted by molar-refractivity contribution is 0.0575. The Morgan fingerprint density at radius 1 is 1.18 bits per heavy atom. The van der Waals surface area contributed by atoms with Crippen molar-refractivity contribution in [2.45, 2.75) is 51.7 Å². The number of hydrogen-bond donors (Lipinski definition) is 0. The fraction of sp³-hybridized carbons (Fsp3) is 0.308. The van der Waals surface area contributed by atoms with Gasteiger partial charge in [0.15, 0.2) is 5.65 Å². The van der Waals surface area contributed by atoms with Crippen LogP contribution < -0.4 is 4.90 Å². The minimum Gasteiger partial charge on any atom is -0.443 e. The lowest BCUT2D eigenvalue weighted by Gasteiger charge is -2.27. The molecule has 34 heavy (non-hydrogen) atoms. The second-order valence-corrected chi connectivity index (χ2v) is 9.91. The molecular formula is C26H26ClN5O2. The van der Waals surface area contributed by atoms with Gasteiger partial charge in [-0.25, -0.2) is 9.78 Å². The minimum atomic E-state index is -0.655. The summed E-state index contributed by atoms with van der Waals surface area (Å²) in [5.41, 5.74) is 3.92. The molecule has 1 fully saturated rings. The van der Waals surface area contributed by atoms with Crippen LogP contribution in [0.15, 0.2) is 60.9 Å². The molecule has 0 saturated heterocycles. The number of nitrogens with zero attached hydrogens (tertiary/aromatic N) is 5. The third kappa shape index (κ3) is 4.75. The number of aromatic nitrogens is 4. The molecule has 0 radical (unpaired) electrons. The Labute approximate surface area is 203 Å². The fourth-order valence-corrected chi connectivity index (χ4v) is 4.04. The molecule has 8 heteroatoms. The molecule has 0 bridgehead atoms. The largest absolute Gasteiger partial charge is 0.443 e. The smallest absolute Gasteiger partial charge is 0.416 e. The maximum absolute atomic E-state index is 13.3. The van der Waals surface area contributed by atoms with Crippen LogP contribution >= 0.6 is 11.6 Å². The molecule has 0 atom stereocenters. The number of fused-ring (bicyclic) bond motifs is 1. The van der Waals surface area contributed by atoms with Gasteiger partial charge >= 0.3 is 6.09 Å². The number of carbonyl (C=O) groups is 1. The minimum absolute atomic E-state index is 0.283. The van der Waals surface area contributed by atoms with Crippen molar-refractivity contribution in [2.75, 3.05) is 4.90 Å². The molecule has 7 nitrogen and oxygen atoms in total. The molecule has 3 heterocycles. The Balaban J connectivity index is 1.52. The van der Waals surface area contributed by atoms with E-state index in [2.05, 4.69) is 15.1 Å². The third-order valence-corrected chi connectivity index (χ3v) is 5.81. The van der Waals surface area contributed by atoms with E-state index in [4.69, 9.17) is 16.3 Å². The van der Waals surface area contributed by atoms with E-state index in [1.807, 2.05) is 69.4 Å². The van der Waals surface area contributed by atoms with Crippen molar-refractivity contribution < 1.29 is 9.53 Å². The third-order valence-electron chi connectivity index (χ3n) is 5.61. The van der Waals surface area contributed by atoms with Crippen molar-refractivity contribution in [1.82, 2.24) is 19.6 Å². The summed E-state index contributed by atoms with van der Waals surface area (Å²) >= 11 is 6.41. The SMILES string of the molecule is CC(C)(C)OC(=O)N(Cc1ccc(-c2ccccn2)cc1)c1cc(Cl)nc2c(C3CC3)cnn12. The molecule has 1 amide bonds. The maximum atomic E-state index is 13.3. The zero-order valence-electron chi connectivity index (χ0n) is 19.4. The van der Waals surface area contributed by atoms with Gasteiger partial charge in [0.05, 0.1) is 18.4 Å². The van der Waals surface area contributed by atoms with E-state index in [0.717, 1.165) is 35.2 Å². The van der Waals surface area contributed by atoms with Gasteiger partial charge in [-0.05, 0) is 57.2 Å². The molecule has 0 spiro atoms. The Hall–Kier alpha value is -3.45. The van der Waals surface area contributed by atoms with Gasteiger partial charge in [0.1, 0.15) is 16.6 Å². The van der Waals surface area contributed by atoms with E-state index in [1.54, 1.807) is 21.7 Å². The van der Waals surface area contributed by atoms with Gasteiger partial charge in [0.2, 0.25) is 0 Å². The number of anilines is 1. The number of benzene rings is 1. The summed E-state index contributed by atoms with van der Waals surface area (Å²) in [6.45, 7) is 5.82. The van der Waals surface area contributed by atoms with Crippen LogP contribution in [-0.2, 0) is 11.3 Å². The number of carbonyl (C=O) groups excluding carboxylic acids is 1. The fourth-order valence-electron chi connectivity index (χ4n) is 3.86. The Morgan fingerprint density at radius 2 is 1.94 bits per heavy atom. The van der Waals surface area contributed by atoms with Gasteiger partial charge in [-0.2, -0.15) is 9.61 Å². The van der Waals surface area contributed by atoms with Gasteiger partial charge in [-0.1, -0.05) is 41.9 Å². The number of pyridine rings is 1. The molecule has 5 rings (SSSR count). The Bertz CT molecular complexity index is 1330. The average molecular weight is 476 g/mol. The van der Waals surface area contributed by atoms with E-state index in [0.29, 0.717) is 22.5 Å². The van der Waals surface area contributed by atoms with Crippen LogP contribution in [0.2, 0.25) is 5.15 Å².